The molecule has 0 aliphatic carbocycles. The van der Waals surface area contributed by atoms with Crippen molar-refractivity contribution in [3.05, 3.63) is 29.6 Å². The summed E-state index contributed by atoms with van der Waals surface area (Å²) < 4.78 is 4.58. The van der Waals surface area contributed by atoms with Gasteiger partial charge in [0.2, 0.25) is 0 Å². The van der Waals surface area contributed by atoms with Crippen LogP contribution in [0.3, 0.4) is 0 Å². The van der Waals surface area contributed by atoms with E-state index < -0.39 is 11.9 Å². The number of hydrogen-bond donors (Lipinski definition) is 1. The summed E-state index contributed by atoms with van der Waals surface area (Å²) in [6.45, 7) is 1.85. The highest BCUT2D eigenvalue weighted by molar-refractivity contribution is 7.99. The number of thioether (sulfide) groups is 1. The normalized spacial score (nSPS) is 11.9. The Hall–Kier alpha value is -1.56. The van der Waals surface area contributed by atoms with Gasteiger partial charge >= 0.3 is 11.9 Å². The molecular weight excluding hydrogens is 254 g/mol. The molecule has 0 fully saturated rings. The topological polar surface area (TPSA) is 76.5 Å². The van der Waals surface area contributed by atoms with E-state index in [1.807, 2.05) is 6.92 Å². The minimum Gasteiger partial charge on any atom is -0.481 e. The van der Waals surface area contributed by atoms with Gasteiger partial charge in [-0.3, -0.25) is 4.79 Å². The van der Waals surface area contributed by atoms with Crippen molar-refractivity contribution >= 4 is 23.7 Å². The lowest BCUT2D eigenvalue weighted by atomic mass is 10.3. The van der Waals surface area contributed by atoms with Crippen molar-refractivity contribution in [1.82, 2.24) is 4.98 Å². The van der Waals surface area contributed by atoms with Gasteiger partial charge in [0.1, 0.15) is 5.69 Å². The lowest BCUT2D eigenvalue weighted by Gasteiger charge is -2.08. The number of hydrogen-bond acceptors (Lipinski definition) is 5. The van der Waals surface area contributed by atoms with E-state index >= 15 is 0 Å². The quantitative estimate of drug-likeness (QED) is 0.796. The van der Waals surface area contributed by atoms with Gasteiger partial charge in [0, 0.05) is 11.0 Å². The zero-order valence-corrected chi connectivity index (χ0v) is 11.1. The number of carbonyl (C=O) groups excluding carboxylic acids is 1. The molecule has 1 heterocycles. The second-order valence-corrected chi connectivity index (χ2v) is 5.15. The molecule has 0 aliphatic rings. The van der Waals surface area contributed by atoms with Crippen LogP contribution in [0.1, 0.15) is 29.5 Å². The lowest BCUT2D eigenvalue weighted by Crippen LogP contribution is -2.08. The molecule has 0 saturated heterocycles. The number of ether oxygens (including phenoxy) is 1. The maximum Gasteiger partial charge on any atom is 0.356 e. The summed E-state index contributed by atoms with van der Waals surface area (Å²) in [5.74, 6) is -0.717. The molecule has 0 radical (unpaired) electrons. The SMILES string of the molecule is COC(=O)c1cccc(CSC(C)CC(=O)O)n1. The first kappa shape index (κ1) is 14.5. The molecule has 0 spiro atoms. The summed E-state index contributed by atoms with van der Waals surface area (Å²) >= 11 is 1.49. The van der Waals surface area contributed by atoms with Gasteiger partial charge in [-0.05, 0) is 12.1 Å². The molecule has 0 aromatic carbocycles. The van der Waals surface area contributed by atoms with Crippen LogP contribution in [0.2, 0.25) is 0 Å². The summed E-state index contributed by atoms with van der Waals surface area (Å²) in [5.41, 5.74) is 1.00. The van der Waals surface area contributed by atoms with E-state index in [2.05, 4.69) is 9.72 Å². The number of carbonyl (C=O) groups is 2. The van der Waals surface area contributed by atoms with Gasteiger partial charge in [0.25, 0.3) is 0 Å². The van der Waals surface area contributed by atoms with Crippen LogP contribution < -0.4 is 0 Å². The third kappa shape index (κ3) is 4.75. The maximum atomic E-state index is 11.3. The van der Waals surface area contributed by atoms with Gasteiger partial charge < -0.3 is 9.84 Å². The molecule has 1 atom stereocenters. The van der Waals surface area contributed by atoms with E-state index in [9.17, 15) is 9.59 Å². The number of carboxylic acids is 1. The Morgan fingerprint density at radius 1 is 1.50 bits per heavy atom. The molecule has 1 N–H and O–H groups in total. The van der Waals surface area contributed by atoms with Crippen LogP contribution in [0.5, 0.6) is 0 Å². The molecule has 0 bridgehead atoms. The Kier molecular flexibility index (Phi) is 5.64. The van der Waals surface area contributed by atoms with Crippen LogP contribution in [-0.4, -0.2) is 34.4 Å². The predicted octanol–water partition coefficient (Wildman–Crippen LogP) is 1.96. The zero-order chi connectivity index (χ0) is 13.5. The molecule has 1 rings (SSSR count). The van der Waals surface area contributed by atoms with Crippen molar-refractivity contribution < 1.29 is 19.4 Å². The second-order valence-electron chi connectivity index (χ2n) is 3.73. The van der Waals surface area contributed by atoms with Gasteiger partial charge in [-0.1, -0.05) is 13.0 Å². The monoisotopic (exact) mass is 269 g/mol. The largest absolute Gasteiger partial charge is 0.481 e. The van der Waals surface area contributed by atoms with Gasteiger partial charge in [-0.25, -0.2) is 9.78 Å². The summed E-state index contributed by atoms with van der Waals surface area (Å²) in [4.78, 5) is 25.9. The Bertz CT molecular complexity index is 436. The third-order valence-electron chi connectivity index (χ3n) is 2.18. The zero-order valence-electron chi connectivity index (χ0n) is 10.3. The second kappa shape index (κ2) is 7.00. The fourth-order valence-electron chi connectivity index (χ4n) is 1.31. The summed E-state index contributed by atoms with van der Waals surface area (Å²) in [5, 5.41) is 8.65. The van der Waals surface area contributed by atoms with E-state index in [4.69, 9.17) is 5.11 Å². The molecule has 1 aromatic rings. The molecule has 5 nitrogen and oxygen atoms in total. The number of pyridine rings is 1. The number of aromatic nitrogens is 1. The number of aliphatic carboxylic acids is 1. The van der Waals surface area contributed by atoms with Crippen LogP contribution in [-0.2, 0) is 15.3 Å². The van der Waals surface area contributed by atoms with Crippen LogP contribution in [0.4, 0.5) is 0 Å². The number of methoxy groups -OCH3 is 1. The number of esters is 1. The van der Waals surface area contributed by atoms with Crippen molar-refractivity contribution in [3.63, 3.8) is 0 Å². The smallest absolute Gasteiger partial charge is 0.356 e. The van der Waals surface area contributed by atoms with Crippen molar-refractivity contribution in [2.24, 2.45) is 0 Å². The van der Waals surface area contributed by atoms with Gasteiger partial charge in [-0.2, -0.15) is 11.8 Å². The van der Waals surface area contributed by atoms with Gasteiger partial charge in [-0.15, -0.1) is 0 Å². The van der Waals surface area contributed by atoms with Crippen molar-refractivity contribution in [3.8, 4) is 0 Å². The first-order valence-corrected chi connectivity index (χ1v) is 6.45. The molecule has 1 unspecified atom stereocenters. The summed E-state index contributed by atoms with van der Waals surface area (Å²) in [7, 11) is 1.31. The Morgan fingerprint density at radius 2 is 2.22 bits per heavy atom. The van der Waals surface area contributed by atoms with E-state index in [0.717, 1.165) is 5.69 Å². The highest BCUT2D eigenvalue weighted by Crippen LogP contribution is 2.19. The molecular formula is C12H15NO4S. The highest BCUT2D eigenvalue weighted by atomic mass is 32.2. The minimum atomic E-state index is -0.814. The Labute approximate surface area is 110 Å². The fourth-order valence-corrected chi connectivity index (χ4v) is 2.19. The average molecular weight is 269 g/mol. The van der Waals surface area contributed by atoms with Crippen LogP contribution >= 0.6 is 11.8 Å². The van der Waals surface area contributed by atoms with E-state index in [0.29, 0.717) is 5.75 Å². The molecule has 0 aliphatic heterocycles. The molecule has 98 valence electrons. The summed E-state index contributed by atoms with van der Waals surface area (Å²) in [6.07, 6.45) is 0.112. The average Bonchev–Trinajstić information content (AvgIpc) is 2.35. The first-order chi connectivity index (χ1) is 8.52. The summed E-state index contributed by atoms with van der Waals surface area (Å²) in [6, 6.07) is 5.12. The van der Waals surface area contributed by atoms with Crippen LogP contribution in [0.25, 0.3) is 0 Å². The van der Waals surface area contributed by atoms with E-state index in [-0.39, 0.29) is 17.4 Å². The standard InChI is InChI=1S/C12H15NO4S/c1-8(6-11(14)15)18-7-9-4-3-5-10(13-9)12(16)17-2/h3-5,8H,6-7H2,1-2H3,(H,14,15). The predicted molar refractivity (Wildman–Crippen MR) is 68.6 cm³/mol. The molecule has 0 saturated carbocycles. The number of rotatable bonds is 6. The minimum absolute atomic E-state index is 0.00563. The molecule has 0 amide bonds. The highest BCUT2D eigenvalue weighted by Gasteiger charge is 2.10. The maximum absolute atomic E-state index is 11.3. The number of nitrogens with zero attached hydrogens (tertiary/aromatic N) is 1. The Morgan fingerprint density at radius 3 is 2.83 bits per heavy atom. The van der Waals surface area contributed by atoms with Crippen molar-refractivity contribution in [2.45, 2.75) is 24.3 Å². The first-order valence-electron chi connectivity index (χ1n) is 5.40. The van der Waals surface area contributed by atoms with Gasteiger partial charge in [0.05, 0.1) is 19.2 Å². The lowest BCUT2D eigenvalue weighted by molar-refractivity contribution is -0.136. The fraction of sp³-hybridized carbons (Fsp3) is 0.417. The van der Waals surface area contributed by atoms with E-state index in [1.54, 1.807) is 18.2 Å². The number of carboxylic acid groups (broad SMARTS) is 1. The molecule has 6 heteroatoms. The van der Waals surface area contributed by atoms with Crippen LogP contribution in [0.15, 0.2) is 18.2 Å². The van der Waals surface area contributed by atoms with Crippen molar-refractivity contribution in [2.75, 3.05) is 7.11 Å². The van der Waals surface area contributed by atoms with Crippen molar-refractivity contribution in [1.29, 1.82) is 0 Å². The van der Waals surface area contributed by atoms with Crippen LogP contribution in [0, 0.1) is 0 Å². The third-order valence-corrected chi connectivity index (χ3v) is 3.38. The van der Waals surface area contributed by atoms with Gasteiger partial charge in [0.15, 0.2) is 0 Å². The Balaban J connectivity index is 2.57. The molecule has 18 heavy (non-hydrogen) atoms. The molecule has 1 aromatic heterocycles. The van der Waals surface area contributed by atoms with E-state index in [1.165, 1.54) is 18.9 Å².